The Morgan fingerprint density at radius 1 is 1.43 bits per heavy atom. The lowest BCUT2D eigenvalue weighted by atomic mass is 10.1. The topological polar surface area (TPSA) is 37.3 Å². The molecule has 0 unspecified atom stereocenters. The zero-order chi connectivity index (χ0) is 9.80. The van der Waals surface area contributed by atoms with Crippen LogP contribution in [0.2, 0.25) is 0 Å². The van der Waals surface area contributed by atoms with Crippen molar-refractivity contribution >= 4 is 5.84 Å². The van der Waals surface area contributed by atoms with E-state index in [0.717, 1.165) is 37.5 Å². The van der Waals surface area contributed by atoms with Gasteiger partial charge in [0.2, 0.25) is 0 Å². The maximum Gasteiger partial charge on any atom is 0.101 e. The number of aliphatic imine (C=N–C) groups is 1. The Bertz CT molecular complexity index is 327. The number of amidine groups is 1. The molecule has 3 heteroatoms. The summed E-state index contributed by atoms with van der Waals surface area (Å²) >= 11 is 0. The van der Waals surface area contributed by atoms with E-state index < -0.39 is 0 Å². The van der Waals surface area contributed by atoms with Crippen molar-refractivity contribution in [2.75, 3.05) is 13.1 Å². The molecule has 0 saturated carbocycles. The van der Waals surface area contributed by atoms with Crippen molar-refractivity contribution in [1.29, 1.82) is 0 Å². The second kappa shape index (κ2) is 4.22. The summed E-state index contributed by atoms with van der Waals surface area (Å²) in [6.45, 7) is 4.01. The molecule has 2 rings (SSSR count). The van der Waals surface area contributed by atoms with Crippen molar-refractivity contribution < 1.29 is 0 Å². The molecule has 0 radical (unpaired) electrons. The van der Waals surface area contributed by atoms with E-state index in [1.807, 2.05) is 19.2 Å². The van der Waals surface area contributed by atoms with Crippen molar-refractivity contribution in [3.63, 3.8) is 0 Å². The monoisotopic (exact) mass is 189 g/mol. The predicted molar refractivity (Wildman–Crippen MR) is 57.6 cm³/mol. The Balaban J connectivity index is 2.03. The number of nitrogens with one attached hydrogen (secondary N) is 1. The molecule has 1 aromatic rings. The molecule has 0 aliphatic carbocycles. The van der Waals surface area contributed by atoms with Crippen LogP contribution >= 0.6 is 0 Å². The first kappa shape index (κ1) is 9.19. The van der Waals surface area contributed by atoms with E-state index in [4.69, 9.17) is 0 Å². The van der Waals surface area contributed by atoms with Gasteiger partial charge >= 0.3 is 0 Å². The van der Waals surface area contributed by atoms with Crippen molar-refractivity contribution in [3.05, 3.63) is 29.6 Å². The molecule has 0 bridgehead atoms. The van der Waals surface area contributed by atoms with Crippen LogP contribution in [-0.4, -0.2) is 23.9 Å². The fourth-order valence-corrected chi connectivity index (χ4v) is 1.50. The van der Waals surface area contributed by atoms with E-state index in [0.29, 0.717) is 0 Å². The van der Waals surface area contributed by atoms with Crippen molar-refractivity contribution in [3.8, 4) is 0 Å². The molecule has 2 heterocycles. The van der Waals surface area contributed by atoms with Crippen LogP contribution in [0.3, 0.4) is 0 Å². The number of hydrogen-bond acceptors (Lipinski definition) is 3. The summed E-state index contributed by atoms with van der Waals surface area (Å²) in [5.41, 5.74) is 2.29. The quantitative estimate of drug-likeness (QED) is 0.762. The van der Waals surface area contributed by atoms with Crippen LogP contribution < -0.4 is 5.32 Å². The SMILES string of the molecule is Cc1ccc(CC2=NCCCN2)cn1. The summed E-state index contributed by atoms with van der Waals surface area (Å²) in [7, 11) is 0. The van der Waals surface area contributed by atoms with E-state index in [2.05, 4.69) is 21.4 Å². The highest BCUT2D eigenvalue weighted by atomic mass is 15.0. The Labute approximate surface area is 84.3 Å². The zero-order valence-electron chi connectivity index (χ0n) is 8.45. The highest BCUT2D eigenvalue weighted by Gasteiger charge is 2.04. The van der Waals surface area contributed by atoms with Crippen LogP contribution in [-0.2, 0) is 6.42 Å². The molecule has 14 heavy (non-hydrogen) atoms. The number of nitrogens with zero attached hydrogens (tertiary/aromatic N) is 2. The Hall–Kier alpha value is -1.38. The van der Waals surface area contributed by atoms with Crippen LogP contribution in [0.4, 0.5) is 0 Å². The summed E-state index contributed by atoms with van der Waals surface area (Å²) in [4.78, 5) is 8.69. The van der Waals surface area contributed by atoms with Gasteiger partial charge in [-0.3, -0.25) is 9.98 Å². The highest BCUT2D eigenvalue weighted by Crippen LogP contribution is 2.02. The molecular formula is C11H15N3. The van der Waals surface area contributed by atoms with E-state index in [-0.39, 0.29) is 0 Å². The number of pyridine rings is 1. The number of rotatable bonds is 2. The molecule has 1 N–H and O–H groups in total. The number of aryl methyl sites for hydroxylation is 1. The minimum atomic E-state index is 0.882. The fourth-order valence-electron chi connectivity index (χ4n) is 1.50. The second-order valence-corrected chi connectivity index (χ2v) is 3.59. The lowest BCUT2D eigenvalue weighted by Gasteiger charge is -2.14. The Morgan fingerprint density at radius 3 is 3.00 bits per heavy atom. The van der Waals surface area contributed by atoms with Gasteiger partial charge in [0.25, 0.3) is 0 Å². The first-order valence-corrected chi connectivity index (χ1v) is 5.03. The molecule has 0 saturated heterocycles. The van der Waals surface area contributed by atoms with Gasteiger partial charge in [-0.05, 0) is 25.0 Å². The first-order chi connectivity index (χ1) is 6.84. The predicted octanol–water partition coefficient (Wildman–Crippen LogP) is 1.32. The summed E-state index contributed by atoms with van der Waals surface area (Å²) < 4.78 is 0. The summed E-state index contributed by atoms with van der Waals surface area (Å²) in [5, 5.41) is 3.30. The van der Waals surface area contributed by atoms with E-state index in [1.54, 1.807) is 0 Å². The third-order valence-corrected chi connectivity index (χ3v) is 2.31. The van der Waals surface area contributed by atoms with Gasteiger partial charge in [-0.1, -0.05) is 6.07 Å². The van der Waals surface area contributed by atoms with Gasteiger partial charge in [0.05, 0.1) is 0 Å². The fraction of sp³-hybridized carbons (Fsp3) is 0.455. The smallest absolute Gasteiger partial charge is 0.101 e. The van der Waals surface area contributed by atoms with Gasteiger partial charge in [0.15, 0.2) is 0 Å². The molecule has 0 spiro atoms. The van der Waals surface area contributed by atoms with Gasteiger partial charge in [-0.2, -0.15) is 0 Å². The lowest BCUT2D eigenvalue weighted by molar-refractivity contribution is 0.731. The molecule has 0 aromatic carbocycles. The van der Waals surface area contributed by atoms with Crippen LogP contribution in [0, 0.1) is 6.92 Å². The summed E-state index contributed by atoms with van der Waals surface area (Å²) in [6, 6.07) is 4.15. The minimum Gasteiger partial charge on any atom is -0.373 e. The second-order valence-electron chi connectivity index (χ2n) is 3.59. The van der Waals surface area contributed by atoms with Gasteiger partial charge in [0, 0.05) is 31.4 Å². The van der Waals surface area contributed by atoms with Crippen molar-refractivity contribution in [1.82, 2.24) is 10.3 Å². The molecule has 1 aliphatic rings. The van der Waals surface area contributed by atoms with Crippen LogP contribution in [0.1, 0.15) is 17.7 Å². The molecule has 1 aromatic heterocycles. The van der Waals surface area contributed by atoms with Crippen LogP contribution in [0.25, 0.3) is 0 Å². The number of aromatic nitrogens is 1. The third-order valence-electron chi connectivity index (χ3n) is 2.31. The molecular weight excluding hydrogens is 174 g/mol. The maximum atomic E-state index is 4.42. The average Bonchev–Trinajstić information content (AvgIpc) is 2.23. The Kier molecular flexibility index (Phi) is 2.77. The lowest BCUT2D eigenvalue weighted by Crippen LogP contribution is -2.30. The summed E-state index contributed by atoms with van der Waals surface area (Å²) in [5.74, 6) is 1.10. The molecule has 1 aliphatic heterocycles. The number of hydrogen-bond donors (Lipinski definition) is 1. The average molecular weight is 189 g/mol. The third kappa shape index (κ3) is 2.31. The summed E-state index contributed by atoms with van der Waals surface area (Å²) in [6.07, 6.45) is 3.96. The van der Waals surface area contributed by atoms with Gasteiger partial charge in [0.1, 0.15) is 5.84 Å². The Morgan fingerprint density at radius 2 is 2.36 bits per heavy atom. The van der Waals surface area contributed by atoms with Crippen LogP contribution in [0.5, 0.6) is 0 Å². The highest BCUT2D eigenvalue weighted by molar-refractivity contribution is 5.84. The van der Waals surface area contributed by atoms with Crippen LogP contribution in [0.15, 0.2) is 23.3 Å². The molecule has 0 fully saturated rings. The minimum absolute atomic E-state index is 0.882. The van der Waals surface area contributed by atoms with Gasteiger partial charge in [-0.25, -0.2) is 0 Å². The standard InChI is InChI=1S/C11H15N3/c1-9-3-4-10(8-14-9)7-11-12-5-2-6-13-11/h3-4,8H,2,5-7H2,1H3,(H,12,13). The molecule has 0 amide bonds. The van der Waals surface area contributed by atoms with Gasteiger partial charge < -0.3 is 5.32 Å². The van der Waals surface area contributed by atoms with E-state index >= 15 is 0 Å². The largest absolute Gasteiger partial charge is 0.373 e. The molecule has 3 nitrogen and oxygen atoms in total. The first-order valence-electron chi connectivity index (χ1n) is 5.03. The van der Waals surface area contributed by atoms with Crippen molar-refractivity contribution in [2.45, 2.75) is 19.8 Å². The normalized spacial score (nSPS) is 15.9. The van der Waals surface area contributed by atoms with Gasteiger partial charge in [-0.15, -0.1) is 0 Å². The zero-order valence-corrected chi connectivity index (χ0v) is 8.45. The molecule has 74 valence electrons. The van der Waals surface area contributed by atoms with E-state index in [9.17, 15) is 0 Å². The maximum absolute atomic E-state index is 4.42. The van der Waals surface area contributed by atoms with Crippen molar-refractivity contribution in [2.24, 2.45) is 4.99 Å². The van der Waals surface area contributed by atoms with E-state index in [1.165, 1.54) is 5.56 Å². The molecule has 0 atom stereocenters.